The van der Waals surface area contributed by atoms with Crippen molar-refractivity contribution in [1.82, 2.24) is 0 Å². The zero-order chi connectivity index (χ0) is 5.70. The van der Waals surface area contributed by atoms with Crippen molar-refractivity contribution in [2.45, 2.75) is 19.5 Å². The van der Waals surface area contributed by atoms with Crippen LogP contribution >= 0.6 is 0 Å². The van der Waals surface area contributed by atoms with Crippen LogP contribution in [0.3, 0.4) is 0 Å². The fourth-order valence-electron chi connectivity index (χ4n) is 0.191. The van der Waals surface area contributed by atoms with Crippen LogP contribution in [0.1, 0.15) is 6.92 Å². The highest BCUT2D eigenvalue weighted by atomic mass is 28.3. The molecule has 3 heteroatoms. The van der Waals surface area contributed by atoms with Crippen molar-refractivity contribution in [3.05, 3.63) is 0 Å². The average Bonchev–Trinajstić information content (AvgIpc) is 1.68. The number of carbonyl (C=O) groups excluding carboxylic acids is 1. The molecular weight excluding hydrogens is 108 g/mol. The Labute approximate surface area is 45.2 Å². The van der Waals surface area contributed by atoms with Gasteiger partial charge in [0.05, 0.1) is 0 Å². The molecule has 0 aliphatic heterocycles. The minimum Gasteiger partial charge on any atom is -0.524 e. The third-order valence-corrected chi connectivity index (χ3v) is 2.59. The van der Waals surface area contributed by atoms with Crippen molar-refractivity contribution in [2.75, 3.05) is 0 Å². The number of hydrogen-bond donors (Lipinski definition) is 0. The Kier molecular flexibility index (Phi) is 3.69. The zero-order valence-corrected chi connectivity index (χ0v) is 5.83. The van der Waals surface area contributed by atoms with Gasteiger partial charge in [0.15, 0.2) is 0 Å². The second kappa shape index (κ2) is 3.86. The molecule has 0 N–H and O–H groups in total. The molecule has 0 spiro atoms. The van der Waals surface area contributed by atoms with Crippen LogP contribution in [-0.2, 0) is 9.22 Å². The summed E-state index contributed by atoms with van der Waals surface area (Å²) in [4.78, 5) is 9.59. The summed E-state index contributed by atoms with van der Waals surface area (Å²) >= 11 is 0. The molecule has 2 nitrogen and oxygen atoms in total. The normalized spacial score (nSPS) is 12.9. The van der Waals surface area contributed by atoms with Crippen molar-refractivity contribution in [3.63, 3.8) is 0 Å². The van der Waals surface area contributed by atoms with Gasteiger partial charge in [-0.2, -0.15) is 0 Å². The molecule has 0 saturated heterocycles. The van der Waals surface area contributed by atoms with E-state index in [1.807, 2.05) is 13.5 Å². The van der Waals surface area contributed by atoms with Gasteiger partial charge in [-0.1, -0.05) is 6.92 Å². The van der Waals surface area contributed by atoms with Crippen LogP contribution in [0.25, 0.3) is 0 Å². The summed E-state index contributed by atoms with van der Waals surface area (Å²) in [6.45, 7) is 4.56. The minimum absolute atomic E-state index is 0.542. The Morgan fingerprint density at radius 2 is 2.43 bits per heavy atom. The van der Waals surface area contributed by atoms with E-state index in [1.54, 1.807) is 0 Å². The topological polar surface area (TPSA) is 26.3 Å². The maximum Gasteiger partial charge on any atom is 0.279 e. The van der Waals surface area contributed by atoms with E-state index in [0.717, 1.165) is 6.04 Å². The van der Waals surface area contributed by atoms with E-state index in [9.17, 15) is 4.79 Å². The van der Waals surface area contributed by atoms with Crippen LogP contribution in [0.5, 0.6) is 0 Å². The molecular formula is C4H10O2Si. The molecule has 1 unspecified atom stereocenters. The van der Waals surface area contributed by atoms with Crippen LogP contribution < -0.4 is 0 Å². The van der Waals surface area contributed by atoms with Gasteiger partial charge in [-0.05, 0) is 12.6 Å². The summed E-state index contributed by atoms with van der Waals surface area (Å²) in [5.41, 5.74) is 0. The molecule has 0 fully saturated rings. The summed E-state index contributed by atoms with van der Waals surface area (Å²) in [7, 11) is -1.05. The van der Waals surface area contributed by atoms with E-state index >= 15 is 0 Å². The molecule has 0 aliphatic rings. The van der Waals surface area contributed by atoms with Gasteiger partial charge in [-0.3, -0.25) is 4.79 Å². The van der Waals surface area contributed by atoms with E-state index in [4.69, 9.17) is 0 Å². The number of hydrogen-bond acceptors (Lipinski definition) is 2. The Balaban J connectivity index is 2.98. The first kappa shape index (κ1) is 6.69. The summed E-state index contributed by atoms with van der Waals surface area (Å²) in [6, 6.07) is 1.03. The minimum atomic E-state index is -1.05. The lowest BCUT2D eigenvalue weighted by Gasteiger charge is -2.00. The average molecular weight is 118 g/mol. The lowest BCUT2D eigenvalue weighted by molar-refractivity contribution is -0.121. The van der Waals surface area contributed by atoms with Crippen LogP contribution in [0.15, 0.2) is 0 Å². The summed E-state index contributed by atoms with van der Waals surface area (Å²) in [5.74, 6) is 0. The van der Waals surface area contributed by atoms with Crippen molar-refractivity contribution in [2.24, 2.45) is 0 Å². The van der Waals surface area contributed by atoms with Crippen molar-refractivity contribution in [1.29, 1.82) is 0 Å². The highest BCUT2D eigenvalue weighted by molar-refractivity contribution is 6.51. The second-order valence-electron chi connectivity index (χ2n) is 1.45. The maximum absolute atomic E-state index is 9.59. The van der Waals surface area contributed by atoms with Crippen molar-refractivity contribution in [3.8, 4) is 0 Å². The highest BCUT2D eigenvalue weighted by Gasteiger charge is 1.96. The molecule has 1 atom stereocenters. The molecule has 0 aromatic rings. The van der Waals surface area contributed by atoms with E-state index in [0.29, 0.717) is 6.47 Å². The monoisotopic (exact) mass is 118 g/mol. The molecule has 0 aliphatic carbocycles. The largest absolute Gasteiger partial charge is 0.524 e. The molecule has 0 bridgehead atoms. The van der Waals surface area contributed by atoms with E-state index in [1.165, 1.54) is 0 Å². The molecule has 42 valence electrons. The first-order valence-electron chi connectivity index (χ1n) is 2.40. The molecule has 0 aromatic carbocycles. The number of carbonyl (C=O) groups is 1. The predicted octanol–water partition coefficient (Wildman–Crippen LogP) is 0.533. The van der Waals surface area contributed by atoms with Crippen molar-refractivity contribution >= 4 is 15.5 Å². The van der Waals surface area contributed by atoms with Gasteiger partial charge in [0.1, 0.15) is 0 Å². The molecule has 0 heterocycles. The van der Waals surface area contributed by atoms with Gasteiger partial charge in [0.25, 0.3) is 6.47 Å². The van der Waals surface area contributed by atoms with Gasteiger partial charge in [-0.25, -0.2) is 0 Å². The van der Waals surface area contributed by atoms with Gasteiger partial charge in [-0.15, -0.1) is 0 Å². The quantitative estimate of drug-likeness (QED) is 0.399. The van der Waals surface area contributed by atoms with Crippen LogP contribution in [-0.4, -0.2) is 15.5 Å². The Bertz CT molecular complexity index is 55.7. The van der Waals surface area contributed by atoms with E-state index < -0.39 is 9.04 Å². The van der Waals surface area contributed by atoms with Gasteiger partial charge >= 0.3 is 0 Å². The van der Waals surface area contributed by atoms with Crippen molar-refractivity contribution < 1.29 is 9.22 Å². The fourth-order valence-corrected chi connectivity index (χ4v) is 0.573. The molecule has 0 amide bonds. The zero-order valence-electron chi connectivity index (χ0n) is 4.68. The lowest BCUT2D eigenvalue weighted by Crippen LogP contribution is -2.08. The van der Waals surface area contributed by atoms with E-state index in [-0.39, 0.29) is 0 Å². The van der Waals surface area contributed by atoms with Crippen LogP contribution in [0.2, 0.25) is 12.6 Å². The van der Waals surface area contributed by atoms with Crippen LogP contribution in [0, 0.1) is 0 Å². The lowest BCUT2D eigenvalue weighted by atomic mass is 11.0. The maximum atomic E-state index is 9.59. The Hall–Kier alpha value is -0.313. The van der Waals surface area contributed by atoms with Crippen LogP contribution in [0.4, 0.5) is 0 Å². The predicted molar refractivity (Wildman–Crippen MR) is 30.6 cm³/mol. The molecule has 0 radical (unpaired) electrons. The first-order valence-corrected chi connectivity index (χ1v) is 4.84. The molecule has 0 rings (SSSR count). The fraction of sp³-hybridized carbons (Fsp3) is 0.750. The third-order valence-electron chi connectivity index (χ3n) is 0.863. The molecule has 7 heavy (non-hydrogen) atoms. The SMILES string of the molecule is CC[SiH](C)OC=O. The van der Waals surface area contributed by atoms with Gasteiger partial charge in [0.2, 0.25) is 9.04 Å². The van der Waals surface area contributed by atoms with E-state index in [2.05, 4.69) is 4.43 Å². The Morgan fingerprint density at radius 3 is 2.57 bits per heavy atom. The third kappa shape index (κ3) is 3.52. The second-order valence-corrected chi connectivity index (χ2v) is 4.16. The Morgan fingerprint density at radius 1 is 1.86 bits per heavy atom. The molecule has 0 aromatic heterocycles. The standard InChI is InChI=1S/C4H10O2Si/c1-3-7(2)6-4-5/h4,7H,3H2,1-2H3. The smallest absolute Gasteiger partial charge is 0.279 e. The first-order chi connectivity index (χ1) is 3.31. The van der Waals surface area contributed by atoms with Gasteiger partial charge in [0, 0.05) is 0 Å². The summed E-state index contributed by atoms with van der Waals surface area (Å²) in [6.07, 6.45) is 0. The molecule has 0 saturated carbocycles. The highest BCUT2D eigenvalue weighted by Crippen LogP contribution is 1.87. The summed E-state index contributed by atoms with van der Waals surface area (Å²) < 4.78 is 4.65. The number of rotatable bonds is 3. The van der Waals surface area contributed by atoms with Gasteiger partial charge < -0.3 is 4.43 Å². The summed E-state index contributed by atoms with van der Waals surface area (Å²) in [5, 5.41) is 0.